The van der Waals surface area contributed by atoms with Crippen LogP contribution in [0.5, 0.6) is 0 Å². The Bertz CT molecular complexity index is 475. The maximum Gasteiger partial charge on any atom is 0.416 e. The lowest BCUT2D eigenvalue weighted by Gasteiger charge is -2.13. The van der Waals surface area contributed by atoms with Crippen molar-refractivity contribution >= 4 is 27.5 Å². The van der Waals surface area contributed by atoms with Crippen LogP contribution >= 0.6 is 15.9 Å². The quantitative estimate of drug-likeness (QED) is 0.846. The van der Waals surface area contributed by atoms with Crippen LogP contribution in [0.2, 0.25) is 0 Å². The van der Waals surface area contributed by atoms with Crippen molar-refractivity contribution < 1.29 is 18.0 Å². The van der Waals surface area contributed by atoms with Crippen molar-refractivity contribution in [3.05, 3.63) is 28.2 Å². The van der Waals surface area contributed by atoms with Crippen LogP contribution in [0.3, 0.4) is 0 Å². The van der Waals surface area contributed by atoms with Gasteiger partial charge < -0.3 is 10.6 Å². The molecule has 0 saturated carbocycles. The van der Waals surface area contributed by atoms with Gasteiger partial charge in [0.1, 0.15) is 0 Å². The van der Waals surface area contributed by atoms with Crippen LogP contribution in [0, 0.1) is 0 Å². The number of alkyl halides is 3. The van der Waals surface area contributed by atoms with Crippen molar-refractivity contribution in [3.8, 4) is 0 Å². The largest absolute Gasteiger partial charge is 0.416 e. The molecule has 0 aliphatic heterocycles. The van der Waals surface area contributed by atoms with Gasteiger partial charge in [-0.05, 0) is 48.0 Å². The van der Waals surface area contributed by atoms with E-state index in [1.54, 1.807) is 0 Å². The van der Waals surface area contributed by atoms with E-state index in [1.165, 1.54) is 6.07 Å². The summed E-state index contributed by atoms with van der Waals surface area (Å²) in [6.45, 7) is 3.95. The lowest BCUT2D eigenvalue weighted by molar-refractivity contribution is -0.137. The molecule has 0 unspecified atom stereocenters. The number of anilines is 1. The Morgan fingerprint density at radius 3 is 2.55 bits per heavy atom. The predicted molar refractivity (Wildman–Crippen MR) is 75.5 cm³/mol. The van der Waals surface area contributed by atoms with Gasteiger partial charge in [0.15, 0.2) is 0 Å². The molecule has 0 bridgehead atoms. The smallest absolute Gasteiger partial charge is 0.384 e. The second-order valence-electron chi connectivity index (χ2n) is 4.59. The molecule has 112 valence electrons. The molecule has 0 atom stereocenters. The highest BCUT2D eigenvalue weighted by molar-refractivity contribution is 9.10. The highest BCUT2D eigenvalue weighted by Crippen LogP contribution is 2.33. The maximum atomic E-state index is 12.6. The zero-order valence-corrected chi connectivity index (χ0v) is 12.7. The highest BCUT2D eigenvalue weighted by Gasteiger charge is 2.30. The number of carbonyl (C=O) groups excluding carboxylic acids is 1. The SMILES string of the molecule is CC(C)NC(=O)CCNc1cc(C(F)(F)F)ccc1Br. The third-order valence-corrected chi connectivity index (χ3v) is 3.10. The number of rotatable bonds is 5. The molecule has 3 nitrogen and oxygen atoms in total. The van der Waals surface area contributed by atoms with E-state index < -0.39 is 11.7 Å². The van der Waals surface area contributed by atoms with Gasteiger partial charge in [-0.15, -0.1) is 0 Å². The standard InChI is InChI=1S/C13H16BrF3N2O/c1-8(2)19-12(20)5-6-18-11-7-9(13(15,16)17)3-4-10(11)14/h3-4,7-8,18H,5-6H2,1-2H3,(H,19,20). The first kappa shape index (κ1) is 16.8. The van der Waals surface area contributed by atoms with E-state index in [2.05, 4.69) is 26.6 Å². The minimum absolute atomic E-state index is 0.0443. The summed E-state index contributed by atoms with van der Waals surface area (Å²) in [5.41, 5.74) is -0.410. The summed E-state index contributed by atoms with van der Waals surface area (Å²) in [5, 5.41) is 5.53. The molecule has 1 aromatic rings. The lowest BCUT2D eigenvalue weighted by atomic mass is 10.2. The molecule has 1 rings (SSSR count). The normalized spacial score (nSPS) is 11.6. The minimum Gasteiger partial charge on any atom is -0.384 e. The van der Waals surface area contributed by atoms with Crippen LogP contribution in [-0.4, -0.2) is 18.5 Å². The molecule has 0 aliphatic carbocycles. The summed E-state index contributed by atoms with van der Waals surface area (Å²) in [6.07, 6.45) is -4.19. The molecule has 1 amide bonds. The third-order valence-electron chi connectivity index (χ3n) is 2.41. The van der Waals surface area contributed by atoms with E-state index in [0.29, 0.717) is 10.2 Å². The van der Waals surface area contributed by atoms with Gasteiger partial charge in [0.2, 0.25) is 5.91 Å². The maximum absolute atomic E-state index is 12.6. The van der Waals surface area contributed by atoms with Crippen molar-refractivity contribution in [3.63, 3.8) is 0 Å². The summed E-state index contributed by atoms with van der Waals surface area (Å²) >= 11 is 3.17. The molecule has 0 saturated heterocycles. The molecule has 20 heavy (non-hydrogen) atoms. The molecular formula is C13H16BrF3N2O. The van der Waals surface area contributed by atoms with Gasteiger partial charge in [0.05, 0.1) is 5.56 Å². The molecule has 0 spiro atoms. The van der Waals surface area contributed by atoms with Crippen molar-refractivity contribution in [2.24, 2.45) is 0 Å². The van der Waals surface area contributed by atoms with E-state index in [0.717, 1.165) is 12.1 Å². The van der Waals surface area contributed by atoms with Crippen LogP contribution < -0.4 is 10.6 Å². The van der Waals surface area contributed by atoms with Crippen molar-refractivity contribution in [2.45, 2.75) is 32.5 Å². The number of hydrogen-bond donors (Lipinski definition) is 2. The summed E-state index contributed by atoms with van der Waals surface area (Å²) < 4.78 is 38.3. The highest BCUT2D eigenvalue weighted by atomic mass is 79.9. The van der Waals surface area contributed by atoms with Crippen molar-refractivity contribution in [2.75, 3.05) is 11.9 Å². The molecular weight excluding hydrogens is 337 g/mol. The summed E-state index contributed by atoms with van der Waals surface area (Å²) in [5.74, 6) is -0.143. The average molecular weight is 353 g/mol. The van der Waals surface area contributed by atoms with Crippen LogP contribution in [0.1, 0.15) is 25.8 Å². The third kappa shape index (κ3) is 5.40. The number of carbonyl (C=O) groups is 1. The van der Waals surface area contributed by atoms with Crippen LogP contribution in [0.4, 0.5) is 18.9 Å². The van der Waals surface area contributed by atoms with Crippen LogP contribution in [-0.2, 0) is 11.0 Å². The summed E-state index contributed by atoms with van der Waals surface area (Å²) in [7, 11) is 0. The van der Waals surface area contributed by atoms with Gasteiger partial charge in [-0.2, -0.15) is 13.2 Å². The summed E-state index contributed by atoms with van der Waals surface area (Å²) in [6, 6.07) is 3.40. The van der Waals surface area contributed by atoms with Crippen molar-refractivity contribution in [1.29, 1.82) is 0 Å². The molecule has 1 aromatic carbocycles. The first-order valence-corrected chi connectivity index (χ1v) is 6.89. The Balaban J connectivity index is 2.62. The van der Waals surface area contributed by atoms with Gasteiger partial charge in [-0.25, -0.2) is 0 Å². The van der Waals surface area contributed by atoms with E-state index in [9.17, 15) is 18.0 Å². The van der Waals surface area contributed by atoms with Crippen LogP contribution in [0.15, 0.2) is 22.7 Å². The van der Waals surface area contributed by atoms with Gasteiger partial charge >= 0.3 is 6.18 Å². The molecule has 0 heterocycles. The van der Waals surface area contributed by atoms with E-state index in [4.69, 9.17) is 0 Å². The van der Waals surface area contributed by atoms with E-state index >= 15 is 0 Å². The number of halogens is 4. The molecule has 0 aromatic heterocycles. The Kier molecular flexibility index (Phi) is 5.86. The number of nitrogens with one attached hydrogen (secondary N) is 2. The van der Waals surface area contributed by atoms with Gasteiger partial charge in [-0.3, -0.25) is 4.79 Å². The average Bonchev–Trinajstić information content (AvgIpc) is 2.29. The second kappa shape index (κ2) is 6.97. The molecule has 0 fully saturated rings. The van der Waals surface area contributed by atoms with Gasteiger partial charge in [0.25, 0.3) is 0 Å². The fourth-order valence-electron chi connectivity index (χ4n) is 1.54. The Hall–Kier alpha value is -1.24. The second-order valence-corrected chi connectivity index (χ2v) is 5.45. The fraction of sp³-hybridized carbons (Fsp3) is 0.462. The van der Waals surface area contributed by atoms with E-state index in [-0.39, 0.29) is 24.9 Å². The number of benzene rings is 1. The van der Waals surface area contributed by atoms with Gasteiger partial charge in [0, 0.05) is 29.2 Å². The zero-order chi connectivity index (χ0) is 15.3. The first-order chi connectivity index (χ1) is 9.20. The zero-order valence-electron chi connectivity index (χ0n) is 11.1. The van der Waals surface area contributed by atoms with Crippen molar-refractivity contribution in [1.82, 2.24) is 5.32 Å². The Labute approximate surface area is 124 Å². The summed E-state index contributed by atoms with van der Waals surface area (Å²) in [4.78, 5) is 11.4. The molecule has 7 heteroatoms. The van der Waals surface area contributed by atoms with Crippen LogP contribution in [0.25, 0.3) is 0 Å². The molecule has 2 N–H and O–H groups in total. The molecule has 0 radical (unpaired) electrons. The Morgan fingerprint density at radius 1 is 1.35 bits per heavy atom. The lowest BCUT2D eigenvalue weighted by Crippen LogP contribution is -2.31. The first-order valence-electron chi connectivity index (χ1n) is 6.10. The number of amides is 1. The predicted octanol–water partition coefficient (Wildman–Crippen LogP) is 3.79. The van der Waals surface area contributed by atoms with E-state index in [1.807, 2.05) is 13.8 Å². The molecule has 0 aliphatic rings. The topological polar surface area (TPSA) is 41.1 Å². The monoisotopic (exact) mass is 352 g/mol. The fourth-order valence-corrected chi connectivity index (χ4v) is 1.93. The minimum atomic E-state index is -4.38. The van der Waals surface area contributed by atoms with Gasteiger partial charge in [-0.1, -0.05) is 0 Å². The Morgan fingerprint density at radius 2 is 2.00 bits per heavy atom. The number of hydrogen-bond acceptors (Lipinski definition) is 2.